The van der Waals surface area contributed by atoms with Crippen molar-refractivity contribution in [3.8, 4) is 0 Å². The van der Waals surface area contributed by atoms with Gasteiger partial charge < -0.3 is 9.69 Å². The van der Waals surface area contributed by atoms with Gasteiger partial charge in [0.1, 0.15) is 6.29 Å². The van der Waals surface area contributed by atoms with E-state index in [-0.39, 0.29) is 6.04 Å². The second kappa shape index (κ2) is 4.33. The first-order valence-corrected chi connectivity index (χ1v) is 5.62. The van der Waals surface area contributed by atoms with E-state index < -0.39 is 0 Å². The van der Waals surface area contributed by atoms with E-state index in [0.29, 0.717) is 17.3 Å². The first-order valence-electron chi connectivity index (χ1n) is 4.44. The summed E-state index contributed by atoms with van der Waals surface area (Å²) in [6.45, 7) is 0. The van der Waals surface area contributed by atoms with Crippen molar-refractivity contribution in [2.45, 2.75) is 12.5 Å². The molecule has 1 aromatic heterocycles. The molecule has 0 radical (unpaired) electrons. The smallest absolute Gasteiger partial charge is 0.152 e. The van der Waals surface area contributed by atoms with Gasteiger partial charge in [-0.1, -0.05) is 17.7 Å². The van der Waals surface area contributed by atoms with Crippen LogP contribution in [0.4, 0.5) is 5.82 Å². The summed E-state index contributed by atoms with van der Waals surface area (Å²) in [4.78, 5) is 16.8. The Hall–Kier alpha value is -0.870. The molecule has 3 nitrogen and oxygen atoms in total. The normalized spacial score (nSPS) is 20.3. The van der Waals surface area contributed by atoms with Crippen LogP contribution in [0.1, 0.15) is 6.42 Å². The third-order valence-corrected chi connectivity index (χ3v) is 3.21. The van der Waals surface area contributed by atoms with Crippen molar-refractivity contribution in [1.82, 2.24) is 4.98 Å². The number of pyridine rings is 1. The van der Waals surface area contributed by atoms with Crippen LogP contribution in [0.3, 0.4) is 0 Å². The molecule has 5 heteroatoms. The molecular weight excluding hydrogens is 279 g/mol. The van der Waals surface area contributed by atoms with E-state index in [1.165, 1.54) is 0 Å². The van der Waals surface area contributed by atoms with E-state index in [0.717, 1.165) is 10.9 Å². The number of halogens is 2. The first kappa shape index (κ1) is 10.6. The highest BCUT2D eigenvalue weighted by molar-refractivity contribution is 9.11. The summed E-state index contributed by atoms with van der Waals surface area (Å²) in [5.74, 6) is 0.608. The van der Waals surface area contributed by atoms with Gasteiger partial charge in [-0.05, 0) is 34.5 Å². The molecule has 0 amide bonds. The number of anilines is 1. The van der Waals surface area contributed by atoms with Crippen molar-refractivity contribution < 1.29 is 4.79 Å². The highest BCUT2D eigenvalue weighted by Crippen LogP contribution is 2.34. The summed E-state index contributed by atoms with van der Waals surface area (Å²) in [7, 11) is 0. The molecule has 0 aromatic carbocycles. The molecule has 1 aromatic rings. The van der Waals surface area contributed by atoms with E-state index in [9.17, 15) is 4.79 Å². The zero-order valence-electron chi connectivity index (χ0n) is 7.73. The van der Waals surface area contributed by atoms with Crippen LogP contribution in [0.25, 0.3) is 0 Å². The van der Waals surface area contributed by atoms with Crippen LogP contribution in [0, 0.1) is 0 Å². The SMILES string of the molecule is O=CC1CC=C(Br)N1c1ncccc1Cl. The van der Waals surface area contributed by atoms with Crippen LogP contribution in [0.2, 0.25) is 5.02 Å². The Bertz CT molecular complexity index is 422. The molecular formula is C10H8BrClN2O. The van der Waals surface area contributed by atoms with Gasteiger partial charge in [-0.25, -0.2) is 4.98 Å². The van der Waals surface area contributed by atoms with Crippen LogP contribution < -0.4 is 4.90 Å². The molecule has 0 saturated carbocycles. The highest BCUT2D eigenvalue weighted by atomic mass is 79.9. The molecule has 15 heavy (non-hydrogen) atoms. The van der Waals surface area contributed by atoms with Gasteiger partial charge in [0.2, 0.25) is 0 Å². The van der Waals surface area contributed by atoms with Gasteiger partial charge in [-0.2, -0.15) is 0 Å². The zero-order chi connectivity index (χ0) is 10.8. The minimum Gasteiger partial charge on any atom is -0.309 e. The van der Waals surface area contributed by atoms with Crippen molar-refractivity contribution in [1.29, 1.82) is 0 Å². The lowest BCUT2D eigenvalue weighted by atomic mass is 10.2. The summed E-state index contributed by atoms with van der Waals surface area (Å²) in [6, 6.07) is 3.30. The second-order valence-electron chi connectivity index (χ2n) is 3.14. The van der Waals surface area contributed by atoms with E-state index in [2.05, 4.69) is 20.9 Å². The van der Waals surface area contributed by atoms with Gasteiger partial charge in [0.15, 0.2) is 5.82 Å². The summed E-state index contributed by atoms with van der Waals surface area (Å²) in [5.41, 5.74) is 0. The van der Waals surface area contributed by atoms with Crippen molar-refractivity contribution >= 4 is 39.6 Å². The third kappa shape index (κ3) is 1.92. The van der Waals surface area contributed by atoms with Crippen LogP contribution in [0.5, 0.6) is 0 Å². The monoisotopic (exact) mass is 286 g/mol. The summed E-state index contributed by atoms with van der Waals surface area (Å²) >= 11 is 9.41. The lowest BCUT2D eigenvalue weighted by Gasteiger charge is -2.23. The van der Waals surface area contributed by atoms with Crippen LogP contribution in [0.15, 0.2) is 29.0 Å². The van der Waals surface area contributed by atoms with Crippen LogP contribution in [-0.4, -0.2) is 17.3 Å². The standard InChI is InChI=1S/C10H8BrClN2O/c11-9-4-3-7(6-15)14(9)10-8(12)2-1-5-13-10/h1-2,4-7H,3H2. The number of hydrogen-bond acceptors (Lipinski definition) is 3. The number of aromatic nitrogens is 1. The van der Waals surface area contributed by atoms with Gasteiger partial charge in [-0.3, -0.25) is 0 Å². The fourth-order valence-electron chi connectivity index (χ4n) is 1.51. The number of rotatable bonds is 2. The Morgan fingerprint density at radius 1 is 1.67 bits per heavy atom. The Balaban J connectivity index is 2.41. The molecule has 0 bridgehead atoms. The van der Waals surface area contributed by atoms with Crippen LogP contribution in [-0.2, 0) is 4.79 Å². The summed E-state index contributed by atoms with van der Waals surface area (Å²) in [6.07, 6.45) is 5.17. The van der Waals surface area contributed by atoms with Gasteiger partial charge in [0.25, 0.3) is 0 Å². The Kier molecular flexibility index (Phi) is 3.07. The molecule has 0 aliphatic carbocycles. The topological polar surface area (TPSA) is 33.2 Å². The summed E-state index contributed by atoms with van der Waals surface area (Å²) in [5, 5.41) is 0.539. The maximum Gasteiger partial charge on any atom is 0.152 e. The molecule has 1 unspecified atom stereocenters. The van der Waals surface area contributed by atoms with E-state index in [1.807, 2.05) is 6.08 Å². The molecule has 1 aliphatic rings. The molecule has 0 saturated heterocycles. The average molecular weight is 288 g/mol. The maximum atomic E-state index is 10.9. The minimum atomic E-state index is -0.216. The van der Waals surface area contributed by atoms with Crippen molar-refractivity contribution in [3.63, 3.8) is 0 Å². The van der Waals surface area contributed by atoms with Gasteiger partial charge in [-0.15, -0.1) is 0 Å². The van der Waals surface area contributed by atoms with Gasteiger partial charge in [0.05, 0.1) is 15.7 Å². The largest absolute Gasteiger partial charge is 0.309 e. The quantitative estimate of drug-likeness (QED) is 0.619. The van der Waals surface area contributed by atoms with E-state index in [4.69, 9.17) is 11.6 Å². The predicted molar refractivity (Wildman–Crippen MR) is 63.2 cm³/mol. The molecule has 0 N–H and O–H groups in total. The summed E-state index contributed by atoms with van der Waals surface area (Å²) < 4.78 is 0.834. The molecule has 2 rings (SSSR count). The Morgan fingerprint density at radius 2 is 2.47 bits per heavy atom. The third-order valence-electron chi connectivity index (χ3n) is 2.21. The molecule has 0 spiro atoms. The zero-order valence-corrected chi connectivity index (χ0v) is 10.1. The van der Waals surface area contributed by atoms with E-state index >= 15 is 0 Å². The number of hydrogen-bond donors (Lipinski definition) is 0. The molecule has 0 fully saturated rings. The van der Waals surface area contributed by atoms with Crippen molar-refractivity contribution in [3.05, 3.63) is 34.0 Å². The molecule has 1 atom stereocenters. The van der Waals surface area contributed by atoms with Crippen LogP contribution >= 0.6 is 27.5 Å². The lowest BCUT2D eigenvalue weighted by molar-refractivity contribution is -0.108. The maximum absolute atomic E-state index is 10.9. The minimum absolute atomic E-state index is 0.216. The molecule has 1 aliphatic heterocycles. The Morgan fingerprint density at radius 3 is 3.13 bits per heavy atom. The van der Waals surface area contributed by atoms with E-state index in [1.54, 1.807) is 23.2 Å². The van der Waals surface area contributed by atoms with Crippen molar-refractivity contribution in [2.75, 3.05) is 4.90 Å². The number of aldehydes is 1. The average Bonchev–Trinajstić information content (AvgIpc) is 2.60. The Labute approximate surface area is 101 Å². The van der Waals surface area contributed by atoms with Gasteiger partial charge >= 0.3 is 0 Å². The fraction of sp³-hybridized carbons (Fsp3) is 0.200. The predicted octanol–water partition coefficient (Wildman–Crippen LogP) is 2.75. The first-order chi connectivity index (χ1) is 7.24. The highest BCUT2D eigenvalue weighted by Gasteiger charge is 2.27. The molecule has 2 heterocycles. The lowest BCUT2D eigenvalue weighted by Crippen LogP contribution is -2.30. The number of carbonyl (C=O) groups is 1. The fourth-order valence-corrected chi connectivity index (χ4v) is 2.34. The van der Waals surface area contributed by atoms with Crippen molar-refractivity contribution in [2.24, 2.45) is 0 Å². The van der Waals surface area contributed by atoms with Gasteiger partial charge in [0, 0.05) is 6.20 Å². The number of carbonyl (C=O) groups excluding carboxylic acids is 1. The molecule has 78 valence electrons. The second-order valence-corrected chi connectivity index (χ2v) is 4.36. The number of nitrogens with zero attached hydrogens (tertiary/aromatic N) is 2.